The van der Waals surface area contributed by atoms with Crippen LogP contribution in [-0.4, -0.2) is 24.4 Å². The number of nitrogens with one attached hydrogen (secondary N) is 1. The van der Waals surface area contributed by atoms with E-state index in [0.29, 0.717) is 36.7 Å². The number of rotatable bonds is 5. The predicted octanol–water partition coefficient (Wildman–Crippen LogP) is 0.887. The van der Waals surface area contributed by atoms with Gasteiger partial charge in [-0.2, -0.15) is 0 Å². The Kier molecular flexibility index (Phi) is 4.26. The van der Waals surface area contributed by atoms with Crippen LogP contribution in [0, 0.1) is 0 Å². The maximum absolute atomic E-state index is 10.1. The molecule has 0 saturated heterocycles. The van der Waals surface area contributed by atoms with Crippen LogP contribution in [0.1, 0.15) is 6.42 Å². The zero-order chi connectivity index (χ0) is 12.0. The van der Waals surface area contributed by atoms with Gasteiger partial charge in [-0.25, -0.2) is 4.79 Å². The number of ether oxygens (including phenoxy) is 1. The lowest BCUT2D eigenvalue weighted by molar-refractivity contribution is 0.193. The number of nitrogen functional groups attached to an aromatic ring is 2. The minimum Gasteiger partial charge on any atom is -0.493 e. The standard InChI is InChI=1S/C10H15N3O3/c11-8-3-2-7(6-9(8)12)16-5-1-4-13-10(14)15/h2-3,6,13H,1,4-5,11-12H2,(H,14,15). The van der Waals surface area contributed by atoms with Gasteiger partial charge < -0.3 is 26.6 Å². The third-order valence-corrected chi connectivity index (χ3v) is 1.92. The van der Waals surface area contributed by atoms with Crippen LogP contribution in [-0.2, 0) is 0 Å². The predicted molar refractivity (Wildman–Crippen MR) is 61.4 cm³/mol. The van der Waals surface area contributed by atoms with Gasteiger partial charge in [0.05, 0.1) is 18.0 Å². The van der Waals surface area contributed by atoms with E-state index >= 15 is 0 Å². The van der Waals surface area contributed by atoms with Crippen molar-refractivity contribution in [3.63, 3.8) is 0 Å². The summed E-state index contributed by atoms with van der Waals surface area (Å²) >= 11 is 0. The molecule has 0 heterocycles. The maximum atomic E-state index is 10.1. The van der Waals surface area contributed by atoms with Crippen LogP contribution in [0.15, 0.2) is 18.2 Å². The molecule has 88 valence electrons. The highest BCUT2D eigenvalue weighted by molar-refractivity contribution is 5.65. The first-order chi connectivity index (χ1) is 7.59. The van der Waals surface area contributed by atoms with Gasteiger partial charge in [0.2, 0.25) is 0 Å². The quantitative estimate of drug-likeness (QED) is 0.439. The second kappa shape index (κ2) is 5.69. The van der Waals surface area contributed by atoms with E-state index in [9.17, 15) is 4.79 Å². The molecule has 0 saturated carbocycles. The maximum Gasteiger partial charge on any atom is 0.404 e. The third kappa shape index (κ3) is 3.95. The van der Waals surface area contributed by atoms with Gasteiger partial charge in [-0.3, -0.25) is 0 Å². The minimum absolute atomic E-state index is 0.361. The van der Waals surface area contributed by atoms with E-state index in [1.807, 2.05) is 0 Å². The molecule has 0 fully saturated rings. The Hall–Kier alpha value is -2.11. The molecular weight excluding hydrogens is 210 g/mol. The Labute approximate surface area is 93.2 Å². The summed E-state index contributed by atoms with van der Waals surface area (Å²) in [4.78, 5) is 10.1. The molecule has 6 N–H and O–H groups in total. The monoisotopic (exact) mass is 225 g/mol. The van der Waals surface area contributed by atoms with Gasteiger partial charge in [-0.05, 0) is 18.6 Å². The van der Waals surface area contributed by atoms with Gasteiger partial charge in [0.1, 0.15) is 5.75 Å². The van der Waals surface area contributed by atoms with Crippen molar-refractivity contribution in [1.29, 1.82) is 0 Å². The van der Waals surface area contributed by atoms with Gasteiger partial charge in [0.25, 0.3) is 0 Å². The molecule has 1 aromatic carbocycles. The zero-order valence-corrected chi connectivity index (χ0v) is 8.77. The van der Waals surface area contributed by atoms with Gasteiger partial charge in [-0.1, -0.05) is 0 Å². The Balaban J connectivity index is 2.27. The van der Waals surface area contributed by atoms with E-state index in [2.05, 4.69) is 5.32 Å². The molecule has 1 amide bonds. The summed E-state index contributed by atoms with van der Waals surface area (Å²) in [5.74, 6) is 0.627. The number of benzene rings is 1. The fourth-order valence-corrected chi connectivity index (χ4v) is 1.10. The highest BCUT2D eigenvalue weighted by Crippen LogP contribution is 2.21. The number of nitrogens with two attached hydrogens (primary N) is 2. The summed E-state index contributed by atoms with van der Waals surface area (Å²) in [6, 6.07) is 5.02. The first-order valence-corrected chi connectivity index (χ1v) is 4.84. The molecule has 0 bridgehead atoms. The number of carbonyl (C=O) groups is 1. The lowest BCUT2D eigenvalue weighted by atomic mass is 10.2. The largest absolute Gasteiger partial charge is 0.493 e. The topological polar surface area (TPSA) is 111 Å². The van der Waals surface area contributed by atoms with Gasteiger partial charge >= 0.3 is 6.09 Å². The van der Waals surface area contributed by atoms with Gasteiger partial charge in [-0.15, -0.1) is 0 Å². The Bertz CT molecular complexity index is 368. The molecule has 0 aliphatic heterocycles. The van der Waals surface area contributed by atoms with Crippen molar-refractivity contribution in [2.45, 2.75) is 6.42 Å². The molecule has 6 nitrogen and oxygen atoms in total. The summed E-state index contributed by atoms with van der Waals surface area (Å²) in [6.45, 7) is 0.781. The van der Waals surface area contributed by atoms with Crippen molar-refractivity contribution in [2.24, 2.45) is 0 Å². The SMILES string of the molecule is Nc1ccc(OCCCNC(=O)O)cc1N. The van der Waals surface area contributed by atoms with E-state index in [1.165, 1.54) is 0 Å². The summed E-state index contributed by atoms with van der Waals surface area (Å²) in [6.07, 6.45) is -0.437. The first kappa shape index (κ1) is 12.0. The molecule has 0 radical (unpaired) electrons. The second-order valence-electron chi connectivity index (χ2n) is 3.22. The number of hydrogen-bond donors (Lipinski definition) is 4. The smallest absolute Gasteiger partial charge is 0.404 e. The highest BCUT2D eigenvalue weighted by Gasteiger charge is 1.98. The van der Waals surface area contributed by atoms with Crippen molar-refractivity contribution in [2.75, 3.05) is 24.6 Å². The fourth-order valence-electron chi connectivity index (χ4n) is 1.10. The number of amides is 1. The molecule has 1 rings (SSSR count). The van der Waals surface area contributed by atoms with E-state index in [1.54, 1.807) is 18.2 Å². The van der Waals surface area contributed by atoms with Crippen LogP contribution in [0.4, 0.5) is 16.2 Å². The van der Waals surface area contributed by atoms with Crippen LogP contribution in [0.2, 0.25) is 0 Å². The lowest BCUT2D eigenvalue weighted by Gasteiger charge is -2.07. The molecular formula is C10H15N3O3. The van der Waals surface area contributed by atoms with Crippen LogP contribution in [0.3, 0.4) is 0 Å². The number of anilines is 2. The summed E-state index contributed by atoms with van der Waals surface area (Å²) in [7, 11) is 0. The van der Waals surface area contributed by atoms with Crippen LogP contribution >= 0.6 is 0 Å². The molecule has 1 aromatic rings. The van der Waals surface area contributed by atoms with E-state index in [-0.39, 0.29) is 0 Å². The summed E-state index contributed by atoms with van der Waals surface area (Å²) in [5.41, 5.74) is 12.1. The molecule has 0 unspecified atom stereocenters. The van der Waals surface area contributed by atoms with Crippen LogP contribution in [0.25, 0.3) is 0 Å². The van der Waals surface area contributed by atoms with Crippen molar-refractivity contribution in [3.8, 4) is 5.75 Å². The van der Waals surface area contributed by atoms with Crippen molar-refractivity contribution in [3.05, 3.63) is 18.2 Å². The fraction of sp³-hybridized carbons (Fsp3) is 0.300. The number of carboxylic acid groups (broad SMARTS) is 1. The zero-order valence-electron chi connectivity index (χ0n) is 8.77. The first-order valence-electron chi connectivity index (χ1n) is 4.84. The van der Waals surface area contributed by atoms with Crippen LogP contribution < -0.4 is 21.5 Å². The molecule has 0 spiro atoms. The molecule has 0 aromatic heterocycles. The molecule has 0 aliphatic carbocycles. The molecule has 6 heteroatoms. The van der Waals surface area contributed by atoms with Crippen LogP contribution in [0.5, 0.6) is 5.75 Å². The lowest BCUT2D eigenvalue weighted by Crippen LogP contribution is -2.23. The van der Waals surface area contributed by atoms with Gasteiger partial charge in [0.15, 0.2) is 0 Å². The van der Waals surface area contributed by atoms with Gasteiger partial charge in [0, 0.05) is 12.6 Å². The average molecular weight is 225 g/mol. The summed E-state index contributed by atoms with van der Waals surface area (Å²) < 4.78 is 5.36. The van der Waals surface area contributed by atoms with Crippen molar-refractivity contribution in [1.82, 2.24) is 5.32 Å². The third-order valence-electron chi connectivity index (χ3n) is 1.92. The normalized spacial score (nSPS) is 9.75. The Morgan fingerprint density at radius 3 is 2.75 bits per heavy atom. The van der Waals surface area contributed by atoms with Crippen molar-refractivity contribution >= 4 is 17.5 Å². The molecule has 0 aliphatic rings. The Morgan fingerprint density at radius 2 is 2.12 bits per heavy atom. The average Bonchev–Trinajstić information content (AvgIpc) is 2.22. The molecule has 16 heavy (non-hydrogen) atoms. The summed E-state index contributed by atoms with van der Waals surface area (Å²) in [5, 5.41) is 10.6. The Morgan fingerprint density at radius 1 is 1.38 bits per heavy atom. The van der Waals surface area contributed by atoms with E-state index in [0.717, 1.165) is 0 Å². The second-order valence-corrected chi connectivity index (χ2v) is 3.22. The minimum atomic E-state index is -1.03. The van der Waals surface area contributed by atoms with E-state index in [4.69, 9.17) is 21.3 Å². The molecule has 0 atom stereocenters. The highest BCUT2D eigenvalue weighted by atomic mass is 16.5. The van der Waals surface area contributed by atoms with Crippen molar-refractivity contribution < 1.29 is 14.6 Å². The van der Waals surface area contributed by atoms with E-state index < -0.39 is 6.09 Å². The number of hydrogen-bond acceptors (Lipinski definition) is 4.